The highest BCUT2D eigenvalue weighted by molar-refractivity contribution is 5.96. The Balaban J connectivity index is 1.74. The van der Waals surface area contributed by atoms with Gasteiger partial charge >= 0.3 is 5.97 Å². The normalized spacial score (nSPS) is 17.3. The summed E-state index contributed by atoms with van der Waals surface area (Å²) in [7, 11) is 0. The summed E-state index contributed by atoms with van der Waals surface area (Å²) >= 11 is 0. The minimum Gasteiger partial charge on any atom is -0.466 e. The SMILES string of the molecule is CCOC(=O)CCC(=O)N1CCC2(CC1)C(=O)N(CC(=O)N(CC)CC)CN2c1ccccc1. The van der Waals surface area contributed by atoms with Gasteiger partial charge in [-0.25, -0.2) is 0 Å². The fraction of sp³-hybridized carbons (Fsp3) is 0.600. The van der Waals surface area contributed by atoms with Crippen LogP contribution < -0.4 is 4.90 Å². The predicted octanol–water partition coefficient (Wildman–Crippen LogP) is 1.87. The van der Waals surface area contributed by atoms with E-state index in [0.717, 1.165) is 5.69 Å². The van der Waals surface area contributed by atoms with E-state index in [1.807, 2.05) is 44.2 Å². The van der Waals surface area contributed by atoms with Crippen molar-refractivity contribution in [3.8, 4) is 0 Å². The van der Waals surface area contributed by atoms with Crippen LogP contribution in [-0.4, -0.2) is 89.9 Å². The van der Waals surface area contributed by atoms with E-state index in [-0.39, 0.29) is 43.1 Å². The number of ether oxygens (including phenoxy) is 1. The zero-order valence-corrected chi connectivity index (χ0v) is 20.5. The van der Waals surface area contributed by atoms with Gasteiger partial charge in [0.25, 0.3) is 5.91 Å². The molecule has 0 unspecified atom stereocenters. The Bertz CT molecular complexity index is 879. The van der Waals surface area contributed by atoms with Gasteiger partial charge in [0.1, 0.15) is 12.1 Å². The van der Waals surface area contributed by atoms with Gasteiger partial charge in [-0.15, -0.1) is 0 Å². The molecule has 0 saturated carbocycles. The quantitative estimate of drug-likeness (QED) is 0.510. The molecule has 2 heterocycles. The van der Waals surface area contributed by atoms with Gasteiger partial charge in [0.2, 0.25) is 11.8 Å². The van der Waals surface area contributed by atoms with Gasteiger partial charge in [-0.3, -0.25) is 19.2 Å². The van der Waals surface area contributed by atoms with E-state index in [0.29, 0.717) is 52.3 Å². The molecule has 1 aromatic carbocycles. The number of anilines is 1. The smallest absolute Gasteiger partial charge is 0.306 e. The number of hydrogen-bond donors (Lipinski definition) is 0. The lowest BCUT2D eigenvalue weighted by molar-refractivity contribution is -0.146. The van der Waals surface area contributed by atoms with Crippen molar-refractivity contribution in [1.29, 1.82) is 0 Å². The Hall–Kier alpha value is -3.10. The Kier molecular flexibility index (Phi) is 8.52. The van der Waals surface area contributed by atoms with Crippen LogP contribution >= 0.6 is 0 Å². The molecule has 1 aromatic rings. The summed E-state index contributed by atoms with van der Waals surface area (Å²) < 4.78 is 4.91. The number of benzene rings is 1. The topological polar surface area (TPSA) is 90.5 Å². The van der Waals surface area contributed by atoms with E-state index in [2.05, 4.69) is 4.90 Å². The molecule has 0 aromatic heterocycles. The zero-order chi connectivity index (χ0) is 24.7. The molecule has 0 atom stereocenters. The second-order valence-corrected chi connectivity index (χ2v) is 8.69. The molecular formula is C25H36N4O5. The van der Waals surface area contributed by atoms with Crippen molar-refractivity contribution >= 4 is 29.4 Å². The average molecular weight is 473 g/mol. The highest BCUT2D eigenvalue weighted by Crippen LogP contribution is 2.39. The number of likely N-dealkylation sites (N-methyl/N-ethyl adjacent to an activating group) is 1. The largest absolute Gasteiger partial charge is 0.466 e. The highest BCUT2D eigenvalue weighted by atomic mass is 16.5. The Morgan fingerprint density at radius 1 is 1.00 bits per heavy atom. The van der Waals surface area contributed by atoms with Crippen molar-refractivity contribution in [3.05, 3.63) is 30.3 Å². The molecule has 0 aliphatic carbocycles. The Morgan fingerprint density at radius 3 is 2.24 bits per heavy atom. The lowest BCUT2D eigenvalue weighted by atomic mass is 9.85. The number of hydrogen-bond acceptors (Lipinski definition) is 6. The molecule has 2 aliphatic rings. The number of carbonyl (C=O) groups excluding carboxylic acids is 4. The number of nitrogens with zero attached hydrogens (tertiary/aromatic N) is 4. The lowest BCUT2D eigenvalue weighted by Gasteiger charge is -2.43. The predicted molar refractivity (Wildman–Crippen MR) is 128 cm³/mol. The molecule has 1 spiro atoms. The second-order valence-electron chi connectivity index (χ2n) is 8.69. The summed E-state index contributed by atoms with van der Waals surface area (Å²) in [6, 6.07) is 9.75. The molecule has 2 fully saturated rings. The minimum atomic E-state index is -0.789. The number of rotatable bonds is 9. The van der Waals surface area contributed by atoms with E-state index in [1.165, 1.54) is 0 Å². The lowest BCUT2D eigenvalue weighted by Crippen LogP contribution is -2.57. The Labute approximate surface area is 201 Å². The van der Waals surface area contributed by atoms with Gasteiger partial charge in [-0.2, -0.15) is 0 Å². The first-order valence-electron chi connectivity index (χ1n) is 12.2. The number of para-hydroxylation sites is 1. The van der Waals surface area contributed by atoms with Crippen molar-refractivity contribution in [2.45, 2.75) is 52.0 Å². The van der Waals surface area contributed by atoms with Crippen molar-refractivity contribution in [1.82, 2.24) is 14.7 Å². The maximum Gasteiger partial charge on any atom is 0.306 e. The first-order chi connectivity index (χ1) is 16.4. The van der Waals surface area contributed by atoms with Crippen molar-refractivity contribution in [2.75, 3.05) is 50.9 Å². The number of esters is 1. The van der Waals surface area contributed by atoms with Crippen molar-refractivity contribution in [2.24, 2.45) is 0 Å². The van der Waals surface area contributed by atoms with Crippen LogP contribution in [-0.2, 0) is 23.9 Å². The van der Waals surface area contributed by atoms with Crippen LogP contribution in [0.25, 0.3) is 0 Å². The first-order valence-corrected chi connectivity index (χ1v) is 12.2. The summed E-state index contributed by atoms with van der Waals surface area (Å²) in [5, 5.41) is 0. The van der Waals surface area contributed by atoms with Gasteiger partial charge in [-0.05, 0) is 45.7 Å². The number of amides is 3. The Morgan fingerprint density at radius 2 is 1.65 bits per heavy atom. The fourth-order valence-corrected chi connectivity index (χ4v) is 4.89. The molecule has 0 radical (unpaired) electrons. The van der Waals surface area contributed by atoms with Crippen LogP contribution in [0, 0.1) is 0 Å². The molecule has 3 amide bonds. The summed E-state index contributed by atoms with van der Waals surface area (Å²) in [6.07, 6.45) is 1.11. The third kappa shape index (κ3) is 5.34. The molecule has 3 rings (SSSR count). The number of carbonyl (C=O) groups is 4. The van der Waals surface area contributed by atoms with Gasteiger partial charge in [-0.1, -0.05) is 18.2 Å². The highest BCUT2D eigenvalue weighted by Gasteiger charge is 2.54. The van der Waals surface area contributed by atoms with E-state index >= 15 is 0 Å². The maximum atomic E-state index is 13.7. The molecule has 2 aliphatic heterocycles. The van der Waals surface area contributed by atoms with Gasteiger partial charge in [0, 0.05) is 38.3 Å². The minimum absolute atomic E-state index is 0.0494. The molecule has 9 nitrogen and oxygen atoms in total. The maximum absolute atomic E-state index is 13.7. The zero-order valence-electron chi connectivity index (χ0n) is 20.5. The molecule has 9 heteroatoms. The summed E-state index contributed by atoms with van der Waals surface area (Å²) in [4.78, 5) is 57.9. The molecule has 34 heavy (non-hydrogen) atoms. The van der Waals surface area contributed by atoms with Gasteiger partial charge < -0.3 is 24.3 Å². The van der Waals surface area contributed by atoms with Crippen LogP contribution in [0.1, 0.15) is 46.5 Å². The standard InChI is InChI=1S/C25H36N4O5/c1-4-26(5-2)22(31)18-28-19-29(20-10-8-7-9-11-20)25(24(28)33)14-16-27(17-15-25)21(30)12-13-23(32)34-6-3/h7-11H,4-6,12-19H2,1-3H3. The summed E-state index contributed by atoms with van der Waals surface area (Å²) in [5.41, 5.74) is 0.138. The average Bonchev–Trinajstić information content (AvgIpc) is 3.10. The van der Waals surface area contributed by atoms with Crippen LogP contribution in [0.2, 0.25) is 0 Å². The molecule has 0 bridgehead atoms. The van der Waals surface area contributed by atoms with Gasteiger partial charge in [0.05, 0.1) is 19.7 Å². The van der Waals surface area contributed by atoms with Crippen LogP contribution in [0.15, 0.2) is 30.3 Å². The number of likely N-dealkylation sites (tertiary alicyclic amines) is 1. The van der Waals surface area contributed by atoms with Crippen molar-refractivity contribution in [3.63, 3.8) is 0 Å². The first kappa shape index (κ1) is 25.5. The monoisotopic (exact) mass is 472 g/mol. The molecule has 0 N–H and O–H groups in total. The number of piperidine rings is 1. The van der Waals surface area contributed by atoms with E-state index in [4.69, 9.17) is 4.74 Å². The second kappa shape index (κ2) is 11.4. The van der Waals surface area contributed by atoms with Crippen LogP contribution in [0.3, 0.4) is 0 Å². The van der Waals surface area contributed by atoms with Crippen LogP contribution in [0.4, 0.5) is 5.69 Å². The van der Waals surface area contributed by atoms with E-state index in [1.54, 1.807) is 21.6 Å². The van der Waals surface area contributed by atoms with Crippen molar-refractivity contribution < 1.29 is 23.9 Å². The molecule has 2 saturated heterocycles. The third-order valence-electron chi connectivity index (χ3n) is 6.82. The summed E-state index contributed by atoms with van der Waals surface area (Å²) in [5.74, 6) is -0.599. The third-order valence-corrected chi connectivity index (χ3v) is 6.82. The molecular weight excluding hydrogens is 436 g/mol. The fourth-order valence-electron chi connectivity index (χ4n) is 4.89. The van der Waals surface area contributed by atoms with E-state index < -0.39 is 5.54 Å². The van der Waals surface area contributed by atoms with Crippen LogP contribution in [0.5, 0.6) is 0 Å². The van der Waals surface area contributed by atoms with Gasteiger partial charge in [0.15, 0.2) is 0 Å². The van der Waals surface area contributed by atoms with E-state index in [9.17, 15) is 19.2 Å². The summed E-state index contributed by atoms with van der Waals surface area (Å²) in [6.45, 7) is 8.34. The molecule has 186 valence electrons.